The molecule has 3 rings (SSSR count). The van der Waals surface area contributed by atoms with Gasteiger partial charge in [0.25, 0.3) is 0 Å². The van der Waals surface area contributed by atoms with Gasteiger partial charge >= 0.3 is 6.03 Å². The molecule has 0 aliphatic carbocycles. The van der Waals surface area contributed by atoms with Crippen molar-refractivity contribution >= 4 is 17.5 Å². The molecule has 124 valence electrons. The van der Waals surface area contributed by atoms with Crippen LogP contribution in [0.15, 0.2) is 41.7 Å². The van der Waals surface area contributed by atoms with Crippen molar-refractivity contribution < 1.29 is 13.9 Å². The van der Waals surface area contributed by atoms with Crippen LogP contribution < -0.4 is 10.1 Å². The summed E-state index contributed by atoms with van der Waals surface area (Å²) in [6, 6.07) is 6.47. The van der Waals surface area contributed by atoms with Gasteiger partial charge in [0.05, 0.1) is 0 Å². The zero-order chi connectivity index (χ0) is 16.9. The molecule has 2 amide bonds. The van der Waals surface area contributed by atoms with E-state index in [1.807, 2.05) is 0 Å². The number of hydrogen-bond donors (Lipinski definition) is 1. The molecule has 24 heavy (non-hydrogen) atoms. The van der Waals surface area contributed by atoms with Crippen LogP contribution >= 0.6 is 0 Å². The van der Waals surface area contributed by atoms with Gasteiger partial charge in [0, 0.05) is 31.4 Å². The number of benzene rings is 1. The Bertz CT molecular complexity index is 763. The maximum atomic E-state index is 13.8. The first-order chi connectivity index (χ1) is 11.7. The number of halogens is 1. The Morgan fingerprint density at radius 3 is 2.75 bits per heavy atom. The van der Waals surface area contributed by atoms with E-state index in [9.17, 15) is 14.1 Å². The monoisotopic (exact) mass is 330 g/mol. The summed E-state index contributed by atoms with van der Waals surface area (Å²) in [6.45, 7) is 1.45. The minimum absolute atomic E-state index is 0.0202. The zero-order valence-electron chi connectivity index (χ0n) is 12.7. The summed E-state index contributed by atoms with van der Waals surface area (Å²) < 4.78 is 19.3. The van der Waals surface area contributed by atoms with Gasteiger partial charge in [0.15, 0.2) is 11.6 Å². The number of carbonyl (C=O) groups is 1. The number of nitrogens with one attached hydrogen (secondary N) is 1. The smallest absolute Gasteiger partial charge is 0.323 e. The lowest BCUT2D eigenvalue weighted by Crippen LogP contribution is -2.32. The number of amides is 2. The van der Waals surface area contributed by atoms with Gasteiger partial charge in [-0.3, -0.25) is 5.32 Å². The van der Waals surface area contributed by atoms with Crippen molar-refractivity contribution in [3.63, 3.8) is 0 Å². The maximum absolute atomic E-state index is 13.8. The van der Waals surface area contributed by atoms with E-state index in [0.717, 1.165) is 32.0 Å². The Balaban J connectivity index is 1.71. The molecule has 0 radical (unpaired) electrons. The molecule has 8 heteroatoms. The minimum Gasteiger partial charge on any atom is -0.454 e. The molecule has 1 aromatic carbocycles. The van der Waals surface area contributed by atoms with Crippen molar-refractivity contribution in [2.75, 3.05) is 18.4 Å². The molecule has 0 unspecified atom stereocenters. The van der Waals surface area contributed by atoms with E-state index in [4.69, 9.17) is 4.74 Å². The van der Waals surface area contributed by atoms with Gasteiger partial charge in [0.1, 0.15) is 17.3 Å². The lowest BCUT2D eigenvalue weighted by atomic mass is 10.3. The molecule has 1 aliphatic rings. The number of likely N-dealkylation sites (tertiary alicyclic amines) is 1. The van der Waals surface area contributed by atoms with E-state index in [2.05, 4.69) is 15.5 Å². The third kappa shape index (κ3) is 3.65. The van der Waals surface area contributed by atoms with Crippen LogP contribution in [0.5, 0.6) is 11.5 Å². The summed E-state index contributed by atoms with van der Waals surface area (Å²) in [4.78, 5) is 28.2. The zero-order valence-corrected chi connectivity index (χ0v) is 12.7. The average Bonchev–Trinajstić information content (AvgIpc) is 3.12. The van der Waals surface area contributed by atoms with Gasteiger partial charge in [-0.25, -0.2) is 14.2 Å². The van der Waals surface area contributed by atoms with Crippen LogP contribution in [0.1, 0.15) is 12.8 Å². The standard InChI is InChI=1S/C16H15FN4O3/c17-13-9-11(20-23)3-4-14(13)24-12-5-6-18-15(10-12)19-16(22)21-7-1-2-8-21/h3-6,9-10H,1-2,7-8H2,(H,18,19,22). The van der Waals surface area contributed by atoms with Gasteiger partial charge in [-0.15, -0.1) is 4.91 Å². The number of anilines is 1. The van der Waals surface area contributed by atoms with Crippen molar-refractivity contribution in [1.82, 2.24) is 9.88 Å². The normalized spacial score (nSPS) is 13.6. The van der Waals surface area contributed by atoms with Crippen molar-refractivity contribution in [2.45, 2.75) is 12.8 Å². The molecule has 0 bridgehead atoms. The third-order valence-electron chi connectivity index (χ3n) is 3.61. The Morgan fingerprint density at radius 1 is 1.25 bits per heavy atom. The van der Waals surface area contributed by atoms with Crippen LogP contribution in [0, 0.1) is 10.7 Å². The predicted molar refractivity (Wildman–Crippen MR) is 86.0 cm³/mol. The predicted octanol–water partition coefficient (Wildman–Crippen LogP) is 4.04. The molecule has 1 N–H and O–H groups in total. The largest absolute Gasteiger partial charge is 0.454 e. The summed E-state index contributed by atoms with van der Waals surface area (Å²) in [6.07, 6.45) is 3.44. The van der Waals surface area contributed by atoms with Crippen LogP contribution in [0.3, 0.4) is 0 Å². The molecule has 1 fully saturated rings. The van der Waals surface area contributed by atoms with E-state index < -0.39 is 5.82 Å². The molecular formula is C16H15FN4O3. The fraction of sp³-hybridized carbons (Fsp3) is 0.250. The number of ether oxygens (including phenoxy) is 1. The summed E-state index contributed by atoms with van der Waals surface area (Å²) in [5.74, 6) is -0.125. The van der Waals surface area contributed by atoms with Crippen LogP contribution in [0.4, 0.5) is 20.7 Å². The summed E-state index contributed by atoms with van der Waals surface area (Å²) in [5, 5.41) is 5.35. The number of pyridine rings is 1. The molecule has 1 saturated heterocycles. The minimum atomic E-state index is -0.702. The highest BCUT2D eigenvalue weighted by Gasteiger charge is 2.18. The number of rotatable bonds is 4. The lowest BCUT2D eigenvalue weighted by molar-refractivity contribution is 0.222. The highest BCUT2D eigenvalue weighted by molar-refractivity contribution is 5.88. The van der Waals surface area contributed by atoms with Crippen LogP contribution in [-0.4, -0.2) is 29.0 Å². The molecule has 2 aromatic rings. The van der Waals surface area contributed by atoms with E-state index in [-0.39, 0.29) is 17.5 Å². The molecular weight excluding hydrogens is 315 g/mol. The first-order valence-electron chi connectivity index (χ1n) is 7.48. The van der Waals surface area contributed by atoms with Crippen LogP contribution in [0.25, 0.3) is 0 Å². The van der Waals surface area contributed by atoms with Crippen LogP contribution in [-0.2, 0) is 0 Å². The second kappa shape index (κ2) is 7.03. The van der Waals surface area contributed by atoms with E-state index in [1.165, 1.54) is 30.5 Å². The first kappa shape index (κ1) is 15.9. The molecule has 0 saturated carbocycles. The summed E-state index contributed by atoms with van der Waals surface area (Å²) in [5.41, 5.74) is -0.0202. The van der Waals surface area contributed by atoms with Crippen molar-refractivity contribution in [3.05, 3.63) is 47.3 Å². The number of urea groups is 1. The number of carbonyl (C=O) groups excluding carboxylic acids is 1. The van der Waals surface area contributed by atoms with Gasteiger partial charge < -0.3 is 9.64 Å². The highest BCUT2D eigenvalue weighted by Crippen LogP contribution is 2.28. The lowest BCUT2D eigenvalue weighted by Gasteiger charge is -2.16. The third-order valence-corrected chi connectivity index (χ3v) is 3.61. The van der Waals surface area contributed by atoms with Crippen molar-refractivity contribution in [3.8, 4) is 11.5 Å². The number of hydrogen-bond acceptors (Lipinski definition) is 5. The fourth-order valence-electron chi connectivity index (χ4n) is 2.41. The topological polar surface area (TPSA) is 83.9 Å². The van der Waals surface area contributed by atoms with Crippen LogP contribution in [0.2, 0.25) is 0 Å². The number of aromatic nitrogens is 1. The van der Waals surface area contributed by atoms with Crippen molar-refractivity contribution in [1.29, 1.82) is 0 Å². The Kier molecular flexibility index (Phi) is 4.64. The van der Waals surface area contributed by atoms with E-state index in [0.29, 0.717) is 11.6 Å². The fourth-order valence-corrected chi connectivity index (χ4v) is 2.41. The second-order valence-electron chi connectivity index (χ2n) is 5.31. The average molecular weight is 330 g/mol. The van der Waals surface area contributed by atoms with Crippen molar-refractivity contribution in [2.24, 2.45) is 5.18 Å². The SMILES string of the molecule is O=Nc1ccc(Oc2ccnc(NC(=O)N3CCCC3)c2)c(F)c1. The van der Waals surface area contributed by atoms with Gasteiger partial charge in [0.2, 0.25) is 0 Å². The van der Waals surface area contributed by atoms with E-state index in [1.54, 1.807) is 4.90 Å². The van der Waals surface area contributed by atoms with E-state index >= 15 is 0 Å². The molecule has 1 aromatic heterocycles. The maximum Gasteiger partial charge on any atom is 0.323 e. The quantitative estimate of drug-likeness (QED) is 0.858. The Labute approximate surface area is 137 Å². The second-order valence-corrected chi connectivity index (χ2v) is 5.31. The Hall–Kier alpha value is -3.03. The van der Waals surface area contributed by atoms with Gasteiger partial charge in [-0.05, 0) is 36.2 Å². The van der Waals surface area contributed by atoms with Gasteiger partial charge in [-0.2, -0.15) is 0 Å². The number of nitroso groups, excluding NO2 is 1. The molecule has 7 nitrogen and oxygen atoms in total. The molecule has 0 atom stereocenters. The highest BCUT2D eigenvalue weighted by atomic mass is 19.1. The Morgan fingerprint density at radius 2 is 2.04 bits per heavy atom. The molecule has 2 heterocycles. The summed E-state index contributed by atoms with van der Waals surface area (Å²) in [7, 11) is 0. The molecule has 0 spiro atoms. The summed E-state index contributed by atoms with van der Waals surface area (Å²) >= 11 is 0. The van der Waals surface area contributed by atoms with Gasteiger partial charge in [-0.1, -0.05) is 0 Å². The number of nitrogens with zero attached hydrogens (tertiary/aromatic N) is 3. The first-order valence-corrected chi connectivity index (χ1v) is 7.48. The molecule has 1 aliphatic heterocycles.